The molecule has 1 unspecified atom stereocenters. The number of nitrogens with zero attached hydrogens (tertiary/aromatic N) is 2. The molecule has 2 aliphatic rings. The molecule has 2 aliphatic heterocycles. The molecule has 0 radical (unpaired) electrons. The minimum absolute atomic E-state index is 0.0322. The van der Waals surface area contributed by atoms with Gasteiger partial charge in [0.15, 0.2) is 0 Å². The van der Waals surface area contributed by atoms with Gasteiger partial charge >= 0.3 is 24.3 Å². The molecule has 0 amide bonds. The number of aliphatic carboxylic acids is 2. The van der Waals surface area contributed by atoms with Gasteiger partial charge in [0.05, 0.1) is 36.8 Å². The Labute approximate surface area is 213 Å². The maximum absolute atomic E-state index is 10.6. The Kier molecular flexibility index (Phi) is 10.7. The van der Waals surface area contributed by atoms with Crippen LogP contribution in [0.1, 0.15) is 30.0 Å². The maximum Gasteiger partial charge on any atom is 0.490 e. The van der Waals surface area contributed by atoms with Gasteiger partial charge in [0, 0.05) is 31.8 Å². The molecule has 15 heteroatoms. The molecule has 38 heavy (non-hydrogen) atoms. The zero-order chi connectivity index (χ0) is 28.6. The van der Waals surface area contributed by atoms with E-state index in [-0.39, 0.29) is 11.7 Å². The number of hydrogen-bond donors (Lipinski definition) is 2. The lowest BCUT2D eigenvalue weighted by Crippen LogP contribution is -2.65. The van der Waals surface area contributed by atoms with Crippen LogP contribution in [-0.2, 0) is 32.2 Å². The van der Waals surface area contributed by atoms with Crippen LogP contribution in [0.3, 0.4) is 0 Å². The fourth-order valence-electron chi connectivity index (χ4n) is 3.73. The zero-order valence-electron chi connectivity index (χ0n) is 20.1. The van der Waals surface area contributed by atoms with E-state index in [1.165, 1.54) is 0 Å². The Morgan fingerprint density at radius 3 is 2.18 bits per heavy atom. The number of halogens is 6. The number of likely N-dealkylation sites (tertiary alicyclic amines) is 1. The second kappa shape index (κ2) is 13.1. The number of carbonyl (C=O) groups is 2. The smallest absolute Gasteiger partial charge is 0.475 e. The number of alkyl halides is 6. The molecule has 212 valence electrons. The summed E-state index contributed by atoms with van der Waals surface area (Å²) in [7, 11) is 0. The molecule has 0 saturated carbocycles. The van der Waals surface area contributed by atoms with Crippen molar-refractivity contribution in [2.24, 2.45) is 0 Å². The summed E-state index contributed by atoms with van der Waals surface area (Å²) in [6.45, 7) is 6.14. The molecule has 1 atom stereocenters. The van der Waals surface area contributed by atoms with E-state index < -0.39 is 24.3 Å². The van der Waals surface area contributed by atoms with Crippen LogP contribution in [0.2, 0.25) is 0 Å². The summed E-state index contributed by atoms with van der Waals surface area (Å²) in [4.78, 5) is 24.7. The summed E-state index contributed by atoms with van der Waals surface area (Å²) in [6, 6.07) is 10.0. The van der Waals surface area contributed by atoms with Gasteiger partial charge in [-0.15, -0.1) is 0 Å². The Morgan fingerprint density at radius 1 is 1.08 bits per heavy atom. The molecule has 2 aromatic heterocycles. The lowest BCUT2D eigenvalue weighted by Gasteiger charge is -2.53. The van der Waals surface area contributed by atoms with Crippen LogP contribution in [0.25, 0.3) is 0 Å². The topological polar surface area (TPSA) is 122 Å². The lowest BCUT2D eigenvalue weighted by atomic mass is 9.84. The predicted octanol–water partition coefficient (Wildman–Crippen LogP) is 4.20. The molecule has 4 rings (SSSR count). The second-order valence-electron chi connectivity index (χ2n) is 8.56. The molecule has 2 fully saturated rings. The van der Waals surface area contributed by atoms with Gasteiger partial charge in [0.2, 0.25) is 0 Å². The second-order valence-corrected chi connectivity index (χ2v) is 8.56. The minimum atomic E-state index is -5.08. The van der Waals surface area contributed by atoms with E-state index in [1.807, 2.05) is 37.3 Å². The minimum Gasteiger partial charge on any atom is -0.475 e. The van der Waals surface area contributed by atoms with E-state index in [0.29, 0.717) is 6.61 Å². The molecule has 2 N–H and O–H groups in total. The van der Waals surface area contributed by atoms with Gasteiger partial charge in [-0.25, -0.2) is 9.59 Å². The standard InChI is InChI=1S/C19H24N2O3.2C2HF3O2/c1-15-4-2-5-16(20-15)12-23-17-7-9-24-19(10-17)13-21(14-19)11-18-6-3-8-22-18;2*3-2(4,5)1(6)7/h2-6,8,17H,7,9-14H2,1H3;2*(H,6,7). The van der Waals surface area contributed by atoms with Crippen molar-refractivity contribution in [3.8, 4) is 0 Å². The van der Waals surface area contributed by atoms with Gasteiger partial charge in [-0.2, -0.15) is 26.3 Å². The van der Waals surface area contributed by atoms with E-state index in [4.69, 9.17) is 33.7 Å². The summed E-state index contributed by atoms with van der Waals surface area (Å²) < 4.78 is 81.1. The largest absolute Gasteiger partial charge is 0.490 e. The summed E-state index contributed by atoms with van der Waals surface area (Å²) in [5.74, 6) is -4.50. The van der Waals surface area contributed by atoms with E-state index in [9.17, 15) is 26.3 Å². The Hall–Kier alpha value is -3.17. The predicted molar refractivity (Wildman–Crippen MR) is 117 cm³/mol. The fraction of sp³-hybridized carbons (Fsp3) is 0.522. The van der Waals surface area contributed by atoms with Gasteiger partial charge in [0.1, 0.15) is 5.76 Å². The molecule has 2 saturated heterocycles. The van der Waals surface area contributed by atoms with Crippen LogP contribution in [0.4, 0.5) is 26.3 Å². The van der Waals surface area contributed by atoms with E-state index in [1.54, 1.807) is 6.26 Å². The van der Waals surface area contributed by atoms with E-state index in [0.717, 1.165) is 56.2 Å². The summed E-state index contributed by atoms with van der Waals surface area (Å²) in [5, 5.41) is 14.2. The van der Waals surface area contributed by atoms with Gasteiger partial charge < -0.3 is 24.1 Å². The molecule has 0 aliphatic carbocycles. The third-order valence-electron chi connectivity index (χ3n) is 5.33. The number of carboxylic acid groups (broad SMARTS) is 2. The van der Waals surface area contributed by atoms with Crippen molar-refractivity contribution in [2.45, 2.75) is 57.0 Å². The first kappa shape index (κ1) is 31.1. The molecule has 0 bridgehead atoms. The van der Waals surface area contributed by atoms with E-state index in [2.05, 4.69) is 9.88 Å². The maximum atomic E-state index is 10.6. The van der Waals surface area contributed by atoms with Crippen molar-refractivity contribution in [3.63, 3.8) is 0 Å². The van der Waals surface area contributed by atoms with Gasteiger partial charge in [-0.1, -0.05) is 6.07 Å². The molecule has 1 spiro atoms. The summed E-state index contributed by atoms with van der Waals surface area (Å²) in [5.41, 5.74) is 2.01. The average molecular weight is 556 g/mol. The van der Waals surface area contributed by atoms with Crippen molar-refractivity contribution >= 4 is 11.9 Å². The Bertz CT molecular complexity index is 1010. The first-order chi connectivity index (χ1) is 17.6. The Morgan fingerprint density at radius 2 is 1.68 bits per heavy atom. The SMILES string of the molecule is Cc1cccc(COC2CCOC3(C2)CN(Cc2ccco2)C3)n1.O=C(O)C(F)(F)F.O=C(O)C(F)(F)F. The third kappa shape index (κ3) is 10.3. The van der Waals surface area contributed by atoms with Crippen LogP contribution < -0.4 is 0 Å². The van der Waals surface area contributed by atoms with Gasteiger partial charge in [-0.3, -0.25) is 9.88 Å². The molecule has 4 heterocycles. The zero-order valence-corrected chi connectivity index (χ0v) is 20.1. The number of aryl methyl sites for hydroxylation is 1. The van der Waals surface area contributed by atoms with Crippen molar-refractivity contribution in [1.29, 1.82) is 0 Å². The monoisotopic (exact) mass is 556 g/mol. The molecule has 9 nitrogen and oxygen atoms in total. The Balaban J connectivity index is 0.000000301. The summed E-state index contributed by atoms with van der Waals surface area (Å²) >= 11 is 0. The molecular formula is C23H26F6N2O7. The highest BCUT2D eigenvalue weighted by Gasteiger charge is 2.47. The average Bonchev–Trinajstić information content (AvgIpc) is 3.30. The number of rotatable bonds is 5. The van der Waals surface area contributed by atoms with Crippen LogP contribution >= 0.6 is 0 Å². The third-order valence-corrected chi connectivity index (χ3v) is 5.33. The molecule has 2 aromatic rings. The fourth-order valence-corrected chi connectivity index (χ4v) is 3.73. The number of pyridine rings is 1. The highest BCUT2D eigenvalue weighted by molar-refractivity contribution is 5.73. The molecule has 0 aromatic carbocycles. The highest BCUT2D eigenvalue weighted by Crippen LogP contribution is 2.36. The van der Waals surface area contributed by atoms with Crippen molar-refractivity contribution < 1.29 is 60.0 Å². The number of ether oxygens (including phenoxy) is 2. The van der Waals surface area contributed by atoms with Crippen LogP contribution in [0.15, 0.2) is 41.0 Å². The number of carboxylic acids is 2. The van der Waals surface area contributed by atoms with Gasteiger partial charge in [0.25, 0.3) is 0 Å². The normalized spacial score (nSPS) is 18.9. The van der Waals surface area contributed by atoms with Crippen molar-refractivity contribution in [1.82, 2.24) is 9.88 Å². The number of furan rings is 1. The van der Waals surface area contributed by atoms with Crippen molar-refractivity contribution in [2.75, 3.05) is 19.7 Å². The van der Waals surface area contributed by atoms with Crippen LogP contribution in [-0.4, -0.2) is 75.8 Å². The van der Waals surface area contributed by atoms with Crippen LogP contribution in [0.5, 0.6) is 0 Å². The molecular weight excluding hydrogens is 530 g/mol. The first-order valence-electron chi connectivity index (χ1n) is 11.1. The number of hydrogen-bond acceptors (Lipinski definition) is 7. The van der Waals surface area contributed by atoms with Gasteiger partial charge in [-0.05, 0) is 37.6 Å². The van der Waals surface area contributed by atoms with Crippen molar-refractivity contribution in [3.05, 3.63) is 53.7 Å². The number of aromatic nitrogens is 1. The van der Waals surface area contributed by atoms with E-state index >= 15 is 0 Å². The lowest BCUT2D eigenvalue weighted by molar-refractivity contribution is -0.201. The highest BCUT2D eigenvalue weighted by atomic mass is 19.4. The van der Waals surface area contributed by atoms with Crippen LogP contribution in [0, 0.1) is 6.92 Å². The summed E-state index contributed by atoms with van der Waals surface area (Å²) in [6.07, 6.45) is -6.25. The first-order valence-corrected chi connectivity index (χ1v) is 11.1. The quantitative estimate of drug-likeness (QED) is 0.522.